The standard InChI is InChI=1S/C15H12ClN3S2/c1-17-15-19(18-8-11-6-7-20-9-11)14(10-21-15)12-2-4-13(16)5-3-12/h2-10H,1H3. The van der Waals surface area contributed by atoms with E-state index in [9.17, 15) is 0 Å². The third-order valence-corrected chi connectivity index (χ3v) is 4.74. The molecule has 0 unspecified atom stereocenters. The van der Waals surface area contributed by atoms with Crippen molar-refractivity contribution in [2.45, 2.75) is 0 Å². The van der Waals surface area contributed by atoms with Crippen LogP contribution in [0.15, 0.2) is 56.6 Å². The lowest BCUT2D eigenvalue weighted by molar-refractivity contribution is 0.848. The molecule has 2 aromatic heterocycles. The molecule has 3 nitrogen and oxygen atoms in total. The minimum atomic E-state index is 0.725. The van der Waals surface area contributed by atoms with Gasteiger partial charge in [-0.1, -0.05) is 23.7 Å². The van der Waals surface area contributed by atoms with Gasteiger partial charge in [0.05, 0.1) is 11.9 Å². The predicted octanol–water partition coefficient (Wildman–Crippen LogP) is 4.34. The van der Waals surface area contributed by atoms with Crippen LogP contribution >= 0.6 is 34.3 Å². The second kappa shape index (κ2) is 6.39. The Labute approximate surface area is 135 Å². The van der Waals surface area contributed by atoms with E-state index in [0.29, 0.717) is 0 Å². The van der Waals surface area contributed by atoms with E-state index in [4.69, 9.17) is 11.6 Å². The number of rotatable bonds is 3. The van der Waals surface area contributed by atoms with Crippen LogP contribution in [0.5, 0.6) is 0 Å². The molecule has 1 aromatic carbocycles. The Bertz CT molecular complexity index is 811. The first kappa shape index (κ1) is 14.3. The van der Waals surface area contributed by atoms with Crippen molar-refractivity contribution in [3.63, 3.8) is 0 Å². The minimum absolute atomic E-state index is 0.725. The van der Waals surface area contributed by atoms with Gasteiger partial charge in [0.25, 0.3) is 0 Å². The molecule has 21 heavy (non-hydrogen) atoms. The smallest absolute Gasteiger partial charge is 0.205 e. The zero-order valence-corrected chi connectivity index (χ0v) is 13.6. The Kier molecular flexibility index (Phi) is 4.34. The number of halogens is 1. The minimum Gasteiger partial charge on any atom is -0.261 e. The van der Waals surface area contributed by atoms with Crippen LogP contribution < -0.4 is 4.80 Å². The van der Waals surface area contributed by atoms with Crippen LogP contribution in [0.1, 0.15) is 5.56 Å². The van der Waals surface area contributed by atoms with Gasteiger partial charge in [0.2, 0.25) is 4.80 Å². The topological polar surface area (TPSA) is 29.6 Å². The number of hydrogen-bond donors (Lipinski definition) is 0. The van der Waals surface area contributed by atoms with Gasteiger partial charge in [-0.3, -0.25) is 4.99 Å². The van der Waals surface area contributed by atoms with E-state index >= 15 is 0 Å². The highest BCUT2D eigenvalue weighted by atomic mass is 35.5. The van der Waals surface area contributed by atoms with E-state index in [-0.39, 0.29) is 0 Å². The number of aromatic nitrogens is 1. The van der Waals surface area contributed by atoms with E-state index < -0.39 is 0 Å². The first-order chi connectivity index (χ1) is 10.3. The Morgan fingerprint density at radius 3 is 2.62 bits per heavy atom. The predicted molar refractivity (Wildman–Crippen MR) is 91.6 cm³/mol. The monoisotopic (exact) mass is 333 g/mol. The first-order valence-corrected chi connectivity index (χ1v) is 8.44. The zero-order valence-electron chi connectivity index (χ0n) is 11.2. The molecule has 0 fully saturated rings. The van der Waals surface area contributed by atoms with E-state index in [1.54, 1.807) is 29.7 Å². The van der Waals surface area contributed by atoms with Crippen LogP contribution in [0, 0.1) is 0 Å². The summed E-state index contributed by atoms with van der Waals surface area (Å²) in [5, 5.41) is 11.4. The summed E-state index contributed by atoms with van der Waals surface area (Å²) in [7, 11) is 1.77. The molecular formula is C15H12ClN3S2. The Hall–Kier alpha value is -1.69. The summed E-state index contributed by atoms with van der Waals surface area (Å²) in [5.74, 6) is 0. The molecule has 0 N–H and O–H groups in total. The van der Waals surface area contributed by atoms with Gasteiger partial charge in [-0.2, -0.15) is 16.4 Å². The number of benzene rings is 1. The van der Waals surface area contributed by atoms with Crippen molar-refractivity contribution in [2.24, 2.45) is 10.1 Å². The van der Waals surface area contributed by atoms with Gasteiger partial charge in [0.15, 0.2) is 0 Å². The molecule has 106 valence electrons. The maximum Gasteiger partial charge on any atom is 0.205 e. The van der Waals surface area contributed by atoms with Gasteiger partial charge in [0.1, 0.15) is 0 Å². The van der Waals surface area contributed by atoms with Gasteiger partial charge in [-0.05, 0) is 29.0 Å². The molecule has 0 aliphatic rings. The van der Waals surface area contributed by atoms with E-state index in [1.807, 2.05) is 46.6 Å². The van der Waals surface area contributed by atoms with Crippen LogP contribution in [0.4, 0.5) is 0 Å². The van der Waals surface area contributed by atoms with E-state index in [2.05, 4.69) is 20.9 Å². The summed E-state index contributed by atoms with van der Waals surface area (Å²) in [4.78, 5) is 5.13. The molecule has 0 bridgehead atoms. The fourth-order valence-electron chi connectivity index (χ4n) is 1.85. The summed E-state index contributed by atoms with van der Waals surface area (Å²) >= 11 is 9.17. The Balaban J connectivity index is 2.06. The molecule has 3 aromatic rings. The average molecular weight is 334 g/mol. The van der Waals surface area contributed by atoms with Gasteiger partial charge in [0, 0.05) is 28.6 Å². The molecule has 6 heteroatoms. The van der Waals surface area contributed by atoms with Crippen LogP contribution in [0.3, 0.4) is 0 Å². The summed E-state index contributed by atoms with van der Waals surface area (Å²) in [5.41, 5.74) is 3.15. The molecule has 0 aliphatic heterocycles. The van der Waals surface area contributed by atoms with Crippen molar-refractivity contribution in [3.8, 4) is 11.3 Å². The van der Waals surface area contributed by atoms with E-state index in [1.165, 1.54) is 0 Å². The number of hydrogen-bond acceptors (Lipinski definition) is 4. The second-order valence-corrected chi connectivity index (χ2v) is 6.30. The van der Waals surface area contributed by atoms with Crippen molar-refractivity contribution in [1.82, 2.24) is 4.68 Å². The van der Waals surface area contributed by atoms with Crippen LogP contribution in [0.25, 0.3) is 11.3 Å². The van der Waals surface area contributed by atoms with Gasteiger partial charge >= 0.3 is 0 Å². The maximum absolute atomic E-state index is 5.95. The fourth-order valence-corrected chi connectivity index (χ4v) is 3.39. The van der Waals surface area contributed by atoms with Crippen molar-refractivity contribution in [1.29, 1.82) is 0 Å². The average Bonchev–Trinajstić information content (AvgIpc) is 3.15. The summed E-state index contributed by atoms with van der Waals surface area (Å²) < 4.78 is 1.85. The lowest BCUT2D eigenvalue weighted by Crippen LogP contribution is -2.11. The van der Waals surface area contributed by atoms with Crippen LogP contribution in [0.2, 0.25) is 5.02 Å². The van der Waals surface area contributed by atoms with Crippen LogP contribution in [-0.2, 0) is 0 Å². The van der Waals surface area contributed by atoms with Crippen molar-refractivity contribution in [3.05, 3.63) is 61.9 Å². The first-order valence-electron chi connectivity index (χ1n) is 6.24. The van der Waals surface area contributed by atoms with Crippen molar-refractivity contribution in [2.75, 3.05) is 7.05 Å². The normalized spacial score (nSPS) is 12.4. The highest BCUT2D eigenvalue weighted by molar-refractivity contribution is 7.08. The van der Waals surface area contributed by atoms with Gasteiger partial charge in [-0.25, -0.2) is 4.68 Å². The molecule has 0 saturated heterocycles. The number of nitrogens with zero attached hydrogens (tertiary/aromatic N) is 3. The van der Waals surface area contributed by atoms with Gasteiger partial charge < -0.3 is 0 Å². The molecule has 3 rings (SSSR count). The molecule has 0 atom stereocenters. The van der Waals surface area contributed by atoms with Crippen LogP contribution in [-0.4, -0.2) is 17.9 Å². The SMILES string of the molecule is CN=c1scc(-c2ccc(Cl)cc2)n1N=Cc1ccsc1. The lowest BCUT2D eigenvalue weighted by Gasteiger charge is -2.03. The lowest BCUT2D eigenvalue weighted by atomic mass is 10.2. The highest BCUT2D eigenvalue weighted by Gasteiger charge is 2.06. The largest absolute Gasteiger partial charge is 0.261 e. The molecule has 0 radical (unpaired) electrons. The Morgan fingerprint density at radius 2 is 1.95 bits per heavy atom. The molecule has 0 spiro atoms. The van der Waals surface area contributed by atoms with Crippen molar-refractivity contribution < 1.29 is 0 Å². The number of thiophene rings is 1. The molecular weight excluding hydrogens is 322 g/mol. The zero-order chi connectivity index (χ0) is 14.7. The summed E-state index contributed by atoms with van der Waals surface area (Å²) in [6.45, 7) is 0. The third kappa shape index (κ3) is 3.15. The quantitative estimate of drug-likeness (QED) is 0.638. The fraction of sp³-hybridized carbons (Fsp3) is 0.0667. The third-order valence-electron chi connectivity index (χ3n) is 2.88. The molecule has 0 amide bonds. The summed E-state index contributed by atoms with van der Waals surface area (Å²) in [6, 6.07) is 9.77. The second-order valence-electron chi connectivity index (χ2n) is 4.25. The number of thiazole rings is 1. The van der Waals surface area contributed by atoms with Gasteiger partial charge in [-0.15, -0.1) is 11.3 Å². The van der Waals surface area contributed by atoms with Crippen molar-refractivity contribution >= 4 is 40.5 Å². The molecule has 0 saturated carbocycles. The molecule has 2 heterocycles. The summed E-state index contributed by atoms with van der Waals surface area (Å²) in [6.07, 6.45) is 1.84. The van der Waals surface area contributed by atoms with E-state index in [0.717, 1.165) is 26.6 Å². The highest BCUT2D eigenvalue weighted by Crippen LogP contribution is 2.22. The molecule has 0 aliphatic carbocycles. The Morgan fingerprint density at radius 1 is 1.14 bits per heavy atom. The maximum atomic E-state index is 5.95.